The Hall–Kier alpha value is -0.390. The SMILES string of the molecule is O=S(=O)(CCC1CCCCN1)N1CC=CCC1. The van der Waals surface area contributed by atoms with E-state index in [9.17, 15) is 8.42 Å². The lowest BCUT2D eigenvalue weighted by Crippen LogP contribution is -2.39. The summed E-state index contributed by atoms with van der Waals surface area (Å²) in [7, 11) is -3.04. The van der Waals surface area contributed by atoms with Gasteiger partial charge in [-0.1, -0.05) is 18.6 Å². The van der Waals surface area contributed by atoms with Crippen molar-refractivity contribution in [1.29, 1.82) is 0 Å². The number of nitrogens with zero attached hydrogens (tertiary/aromatic N) is 1. The van der Waals surface area contributed by atoms with Crippen molar-refractivity contribution >= 4 is 10.0 Å². The van der Waals surface area contributed by atoms with Crippen LogP contribution in [-0.2, 0) is 10.0 Å². The van der Waals surface area contributed by atoms with Gasteiger partial charge in [-0.05, 0) is 32.2 Å². The third-order valence-corrected chi connectivity index (χ3v) is 5.42. The highest BCUT2D eigenvalue weighted by molar-refractivity contribution is 7.89. The van der Waals surface area contributed by atoms with Crippen molar-refractivity contribution in [3.8, 4) is 0 Å². The van der Waals surface area contributed by atoms with E-state index < -0.39 is 10.0 Å². The van der Waals surface area contributed by atoms with Crippen LogP contribution in [0.15, 0.2) is 12.2 Å². The van der Waals surface area contributed by atoms with Gasteiger partial charge in [-0.2, -0.15) is 4.31 Å². The smallest absolute Gasteiger partial charge is 0.214 e. The summed E-state index contributed by atoms with van der Waals surface area (Å²) in [5.41, 5.74) is 0. The molecule has 1 atom stereocenters. The van der Waals surface area contributed by atoms with Gasteiger partial charge in [0.1, 0.15) is 0 Å². The maximum Gasteiger partial charge on any atom is 0.214 e. The summed E-state index contributed by atoms with van der Waals surface area (Å²) in [5, 5.41) is 3.40. The summed E-state index contributed by atoms with van der Waals surface area (Å²) in [6.45, 7) is 2.24. The van der Waals surface area contributed by atoms with Gasteiger partial charge in [-0.15, -0.1) is 0 Å². The molecule has 0 aromatic rings. The summed E-state index contributed by atoms with van der Waals surface area (Å²) in [6.07, 6.45) is 9.16. The van der Waals surface area contributed by atoms with Crippen molar-refractivity contribution in [2.45, 2.75) is 38.1 Å². The van der Waals surface area contributed by atoms with Gasteiger partial charge in [0.05, 0.1) is 5.75 Å². The molecule has 0 aliphatic carbocycles. The zero-order chi connectivity index (χ0) is 12.1. The third-order valence-electron chi connectivity index (χ3n) is 3.55. The minimum absolute atomic E-state index is 0.290. The van der Waals surface area contributed by atoms with Crippen LogP contribution in [0.1, 0.15) is 32.1 Å². The van der Waals surface area contributed by atoms with E-state index in [2.05, 4.69) is 11.4 Å². The fraction of sp³-hybridized carbons (Fsp3) is 0.833. The van der Waals surface area contributed by atoms with Gasteiger partial charge in [-0.3, -0.25) is 0 Å². The Morgan fingerprint density at radius 1 is 1.29 bits per heavy atom. The molecule has 17 heavy (non-hydrogen) atoms. The predicted molar refractivity (Wildman–Crippen MR) is 69.4 cm³/mol. The van der Waals surface area contributed by atoms with Crippen LogP contribution in [0.2, 0.25) is 0 Å². The standard InChI is InChI=1S/C12H22N2O2S/c15-17(16,14-9-4-1-5-10-14)11-7-12-6-2-3-8-13-12/h1,4,12-13H,2-3,5-11H2. The number of nitrogens with one attached hydrogen (secondary N) is 1. The van der Waals surface area contributed by atoms with Crippen molar-refractivity contribution in [2.75, 3.05) is 25.4 Å². The lowest BCUT2D eigenvalue weighted by molar-refractivity contribution is 0.386. The molecule has 0 spiro atoms. The molecule has 0 saturated carbocycles. The van der Waals surface area contributed by atoms with Crippen LogP contribution in [0.25, 0.3) is 0 Å². The Morgan fingerprint density at radius 3 is 2.82 bits per heavy atom. The molecule has 0 bridgehead atoms. The minimum atomic E-state index is -3.04. The van der Waals surface area contributed by atoms with E-state index in [0.717, 1.165) is 25.8 Å². The molecule has 2 aliphatic rings. The fourth-order valence-corrected chi connectivity index (χ4v) is 4.00. The number of piperidine rings is 1. The summed E-state index contributed by atoms with van der Waals surface area (Å²) in [5.74, 6) is 0.290. The van der Waals surface area contributed by atoms with E-state index in [4.69, 9.17) is 0 Å². The average Bonchev–Trinajstić information content (AvgIpc) is 2.39. The first-order valence-corrected chi connectivity index (χ1v) is 8.15. The number of hydrogen-bond donors (Lipinski definition) is 1. The van der Waals surface area contributed by atoms with Crippen molar-refractivity contribution in [2.24, 2.45) is 0 Å². The third kappa shape index (κ3) is 3.79. The van der Waals surface area contributed by atoms with Gasteiger partial charge < -0.3 is 5.32 Å². The van der Waals surface area contributed by atoms with Crippen molar-refractivity contribution in [3.63, 3.8) is 0 Å². The summed E-state index contributed by atoms with van der Waals surface area (Å²) in [4.78, 5) is 0. The first-order valence-electron chi connectivity index (χ1n) is 6.55. The van der Waals surface area contributed by atoms with Crippen LogP contribution in [0.4, 0.5) is 0 Å². The van der Waals surface area contributed by atoms with Gasteiger partial charge in [0.2, 0.25) is 10.0 Å². The fourth-order valence-electron chi connectivity index (χ4n) is 2.46. The normalized spacial score (nSPS) is 27.2. The minimum Gasteiger partial charge on any atom is -0.314 e. The predicted octanol–water partition coefficient (Wildman–Crippen LogP) is 1.11. The molecule has 2 aliphatic heterocycles. The Labute approximate surface area is 104 Å². The molecule has 0 aromatic heterocycles. The van der Waals surface area contributed by atoms with Gasteiger partial charge in [-0.25, -0.2) is 8.42 Å². The molecule has 2 heterocycles. The highest BCUT2D eigenvalue weighted by Crippen LogP contribution is 2.14. The van der Waals surface area contributed by atoms with E-state index in [-0.39, 0.29) is 0 Å². The topological polar surface area (TPSA) is 49.4 Å². The lowest BCUT2D eigenvalue weighted by atomic mass is 10.0. The quantitative estimate of drug-likeness (QED) is 0.769. The average molecular weight is 258 g/mol. The molecular formula is C12H22N2O2S. The Balaban J connectivity index is 1.82. The number of sulfonamides is 1. The van der Waals surface area contributed by atoms with Crippen molar-refractivity contribution < 1.29 is 8.42 Å². The molecule has 0 radical (unpaired) electrons. The molecule has 0 aromatic carbocycles. The summed E-state index contributed by atoms with van der Waals surface area (Å²) < 4.78 is 25.8. The van der Waals surface area contributed by atoms with Gasteiger partial charge in [0.25, 0.3) is 0 Å². The molecule has 1 N–H and O–H groups in total. The molecular weight excluding hydrogens is 236 g/mol. The highest BCUT2D eigenvalue weighted by Gasteiger charge is 2.23. The molecule has 4 nitrogen and oxygen atoms in total. The lowest BCUT2D eigenvalue weighted by Gasteiger charge is -2.26. The summed E-state index contributed by atoms with van der Waals surface area (Å²) in [6, 6.07) is 0.402. The monoisotopic (exact) mass is 258 g/mol. The Bertz CT molecular complexity index is 359. The van der Waals surface area contributed by atoms with Crippen LogP contribution < -0.4 is 5.32 Å². The van der Waals surface area contributed by atoms with Crippen LogP contribution in [0.3, 0.4) is 0 Å². The van der Waals surface area contributed by atoms with Gasteiger partial charge >= 0.3 is 0 Å². The second kappa shape index (κ2) is 5.98. The maximum absolute atomic E-state index is 12.1. The zero-order valence-electron chi connectivity index (χ0n) is 10.3. The summed E-state index contributed by atoms with van der Waals surface area (Å²) >= 11 is 0. The second-order valence-corrected chi connectivity index (χ2v) is 6.96. The Kier molecular flexibility index (Phi) is 4.59. The number of hydrogen-bond acceptors (Lipinski definition) is 3. The van der Waals surface area contributed by atoms with Crippen LogP contribution >= 0.6 is 0 Å². The molecule has 98 valence electrons. The molecule has 1 unspecified atom stereocenters. The number of rotatable bonds is 4. The molecule has 0 amide bonds. The van der Waals surface area contributed by atoms with E-state index >= 15 is 0 Å². The van der Waals surface area contributed by atoms with Gasteiger partial charge in [0.15, 0.2) is 0 Å². The molecule has 5 heteroatoms. The van der Waals surface area contributed by atoms with Crippen molar-refractivity contribution in [1.82, 2.24) is 9.62 Å². The largest absolute Gasteiger partial charge is 0.314 e. The maximum atomic E-state index is 12.1. The van der Waals surface area contributed by atoms with Gasteiger partial charge in [0, 0.05) is 19.1 Å². The first kappa shape index (κ1) is 13.1. The molecule has 1 fully saturated rings. The van der Waals surface area contributed by atoms with E-state index in [0.29, 0.717) is 24.9 Å². The van der Waals surface area contributed by atoms with Crippen LogP contribution in [0.5, 0.6) is 0 Å². The Morgan fingerprint density at radius 2 is 2.18 bits per heavy atom. The van der Waals surface area contributed by atoms with Crippen LogP contribution in [0, 0.1) is 0 Å². The highest BCUT2D eigenvalue weighted by atomic mass is 32.2. The van der Waals surface area contributed by atoms with E-state index in [1.165, 1.54) is 12.8 Å². The zero-order valence-corrected chi connectivity index (χ0v) is 11.1. The van der Waals surface area contributed by atoms with E-state index in [1.54, 1.807) is 4.31 Å². The first-order chi connectivity index (χ1) is 8.18. The molecule has 1 saturated heterocycles. The molecule has 2 rings (SSSR count). The van der Waals surface area contributed by atoms with Crippen LogP contribution in [-0.4, -0.2) is 44.2 Å². The van der Waals surface area contributed by atoms with E-state index in [1.807, 2.05) is 6.08 Å². The van der Waals surface area contributed by atoms with Crippen molar-refractivity contribution in [3.05, 3.63) is 12.2 Å². The second-order valence-electron chi connectivity index (χ2n) is 4.87.